The zero-order chi connectivity index (χ0) is 18.4. The summed E-state index contributed by atoms with van der Waals surface area (Å²) in [6.07, 6.45) is 0.793. The number of nitrogens with one attached hydrogen (secondary N) is 3. The van der Waals surface area contributed by atoms with Crippen LogP contribution in [0.3, 0.4) is 0 Å². The third kappa shape index (κ3) is 3.30. The van der Waals surface area contributed by atoms with E-state index in [1.54, 1.807) is 0 Å². The molecule has 4 rings (SSSR count). The minimum absolute atomic E-state index is 0.0234. The summed E-state index contributed by atoms with van der Waals surface area (Å²) in [7, 11) is 0. The molecule has 4 fully saturated rings. The van der Waals surface area contributed by atoms with Crippen LogP contribution in [0.2, 0.25) is 0 Å². The van der Waals surface area contributed by atoms with Gasteiger partial charge in [0.15, 0.2) is 0 Å². The van der Waals surface area contributed by atoms with Crippen LogP contribution in [0, 0.1) is 0 Å². The van der Waals surface area contributed by atoms with Gasteiger partial charge in [-0.1, -0.05) is 6.42 Å². The SMILES string of the molecule is CC(C)N(CC1OC(N2CNC3C(N)NCNC32)C(O)C1O)C1CCC1. The molecule has 9 heteroatoms. The third-order valence-electron chi connectivity index (χ3n) is 6.50. The second-order valence-corrected chi connectivity index (χ2v) is 8.38. The lowest BCUT2D eigenvalue weighted by Crippen LogP contribution is -2.68. The van der Waals surface area contributed by atoms with E-state index < -0.39 is 18.4 Å². The highest BCUT2D eigenvalue weighted by Crippen LogP contribution is 2.32. The van der Waals surface area contributed by atoms with Gasteiger partial charge in [0.1, 0.15) is 24.5 Å². The monoisotopic (exact) mass is 370 g/mol. The molecule has 3 saturated heterocycles. The van der Waals surface area contributed by atoms with E-state index in [0.29, 0.717) is 32.0 Å². The Kier molecular flexibility index (Phi) is 5.53. The number of hydrogen-bond donors (Lipinski definition) is 6. The Morgan fingerprint density at radius 2 is 1.96 bits per heavy atom. The molecule has 1 saturated carbocycles. The molecule has 7 unspecified atom stereocenters. The zero-order valence-corrected chi connectivity index (χ0v) is 15.7. The number of aliphatic hydroxyl groups is 2. The molecular weight excluding hydrogens is 336 g/mol. The van der Waals surface area contributed by atoms with Crippen molar-refractivity contribution >= 4 is 0 Å². The second-order valence-electron chi connectivity index (χ2n) is 8.38. The van der Waals surface area contributed by atoms with E-state index in [1.165, 1.54) is 19.3 Å². The van der Waals surface area contributed by atoms with Crippen molar-refractivity contribution in [2.45, 2.75) is 88.1 Å². The van der Waals surface area contributed by atoms with E-state index in [9.17, 15) is 10.2 Å². The van der Waals surface area contributed by atoms with Crippen molar-refractivity contribution in [3.63, 3.8) is 0 Å². The molecule has 4 aliphatic rings. The van der Waals surface area contributed by atoms with Gasteiger partial charge in [0.2, 0.25) is 0 Å². The molecule has 0 spiro atoms. The topological polar surface area (TPSA) is 118 Å². The van der Waals surface area contributed by atoms with Crippen LogP contribution in [0.1, 0.15) is 33.1 Å². The normalized spacial score (nSPS) is 44.7. The summed E-state index contributed by atoms with van der Waals surface area (Å²) in [5.74, 6) is 0. The molecule has 9 nitrogen and oxygen atoms in total. The van der Waals surface area contributed by atoms with Crippen molar-refractivity contribution in [2.75, 3.05) is 19.9 Å². The molecule has 0 aromatic carbocycles. The lowest BCUT2D eigenvalue weighted by Gasteiger charge is -2.42. The van der Waals surface area contributed by atoms with Crippen LogP contribution < -0.4 is 21.7 Å². The van der Waals surface area contributed by atoms with Crippen molar-refractivity contribution in [2.24, 2.45) is 5.73 Å². The summed E-state index contributed by atoms with van der Waals surface area (Å²) in [6.45, 7) is 6.19. The second kappa shape index (κ2) is 7.57. The molecule has 0 amide bonds. The predicted octanol–water partition coefficient (Wildman–Crippen LogP) is -2.31. The van der Waals surface area contributed by atoms with Crippen LogP contribution in [0.25, 0.3) is 0 Å². The minimum Gasteiger partial charge on any atom is -0.387 e. The van der Waals surface area contributed by atoms with Crippen LogP contribution in [0.4, 0.5) is 0 Å². The van der Waals surface area contributed by atoms with Crippen molar-refractivity contribution in [1.82, 2.24) is 25.8 Å². The highest BCUT2D eigenvalue weighted by molar-refractivity contribution is 5.02. The van der Waals surface area contributed by atoms with E-state index in [-0.39, 0.29) is 24.5 Å². The first-order valence-electron chi connectivity index (χ1n) is 9.96. The maximum atomic E-state index is 10.7. The van der Waals surface area contributed by atoms with Gasteiger partial charge < -0.3 is 20.7 Å². The number of nitrogens with zero attached hydrogens (tertiary/aromatic N) is 2. The van der Waals surface area contributed by atoms with Crippen molar-refractivity contribution in [3.05, 3.63) is 0 Å². The van der Waals surface area contributed by atoms with Gasteiger partial charge >= 0.3 is 0 Å². The third-order valence-corrected chi connectivity index (χ3v) is 6.50. The van der Waals surface area contributed by atoms with Crippen molar-refractivity contribution in [3.8, 4) is 0 Å². The molecule has 0 radical (unpaired) electrons. The zero-order valence-electron chi connectivity index (χ0n) is 15.7. The number of nitrogens with two attached hydrogens (primary N) is 1. The summed E-state index contributed by atoms with van der Waals surface area (Å²) in [4.78, 5) is 4.46. The maximum Gasteiger partial charge on any atom is 0.142 e. The Morgan fingerprint density at radius 1 is 1.19 bits per heavy atom. The van der Waals surface area contributed by atoms with Crippen molar-refractivity contribution < 1.29 is 14.9 Å². The van der Waals surface area contributed by atoms with E-state index in [2.05, 4.69) is 34.7 Å². The molecule has 3 aliphatic heterocycles. The highest BCUT2D eigenvalue weighted by atomic mass is 16.6. The first-order chi connectivity index (χ1) is 12.5. The number of hydrogen-bond acceptors (Lipinski definition) is 9. The lowest BCUT2D eigenvalue weighted by molar-refractivity contribution is -0.110. The molecule has 0 bridgehead atoms. The van der Waals surface area contributed by atoms with Gasteiger partial charge in [-0.15, -0.1) is 0 Å². The van der Waals surface area contributed by atoms with E-state index in [0.717, 1.165) is 0 Å². The smallest absolute Gasteiger partial charge is 0.142 e. The van der Waals surface area contributed by atoms with Gasteiger partial charge in [-0.25, -0.2) is 4.90 Å². The van der Waals surface area contributed by atoms with Crippen LogP contribution >= 0.6 is 0 Å². The minimum atomic E-state index is -0.927. The fraction of sp³-hybridized carbons (Fsp3) is 1.00. The van der Waals surface area contributed by atoms with Gasteiger partial charge in [-0.3, -0.25) is 20.9 Å². The Bertz CT molecular complexity index is 493. The molecule has 0 aromatic rings. The van der Waals surface area contributed by atoms with Gasteiger partial charge in [-0.2, -0.15) is 0 Å². The summed E-state index contributed by atoms with van der Waals surface area (Å²) in [5, 5.41) is 31.2. The molecule has 0 aromatic heterocycles. The Morgan fingerprint density at radius 3 is 2.62 bits per heavy atom. The average Bonchev–Trinajstić information content (AvgIpc) is 3.10. The van der Waals surface area contributed by atoms with Gasteiger partial charge in [0, 0.05) is 25.3 Å². The molecular formula is C17H34N6O3. The number of rotatable bonds is 5. The Hall–Kier alpha value is -0.360. The van der Waals surface area contributed by atoms with Crippen LogP contribution in [0.15, 0.2) is 0 Å². The summed E-state index contributed by atoms with van der Waals surface area (Å²) < 4.78 is 6.20. The first kappa shape index (κ1) is 19.0. The first-order valence-corrected chi connectivity index (χ1v) is 9.96. The fourth-order valence-electron chi connectivity index (χ4n) is 4.71. The van der Waals surface area contributed by atoms with Gasteiger partial charge in [0.05, 0.1) is 25.0 Å². The quantitative estimate of drug-likeness (QED) is 0.317. The lowest BCUT2D eigenvalue weighted by atomic mass is 9.90. The summed E-state index contributed by atoms with van der Waals surface area (Å²) >= 11 is 0. The molecule has 150 valence electrons. The number of ether oxygens (including phenoxy) is 1. The van der Waals surface area contributed by atoms with Crippen LogP contribution in [-0.2, 0) is 4.74 Å². The summed E-state index contributed by atoms with van der Waals surface area (Å²) in [6, 6.07) is 1.01. The molecule has 7 N–H and O–H groups in total. The molecule has 3 heterocycles. The van der Waals surface area contributed by atoms with E-state index >= 15 is 0 Å². The Balaban J connectivity index is 1.42. The largest absolute Gasteiger partial charge is 0.387 e. The molecule has 1 aliphatic carbocycles. The number of aliphatic hydroxyl groups excluding tert-OH is 2. The van der Waals surface area contributed by atoms with E-state index in [1.807, 2.05) is 4.90 Å². The van der Waals surface area contributed by atoms with E-state index in [4.69, 9.17) is 10.5 Å². The molecule has 7 atom stereocenters. The average molecular weight is 370 g/mol. The standard InChI is InChI=1S/C17H34N6O3/c1-9(2)22(10-4-3-5-10)6-11-13(24)14(25)17(26-11)23-8-21-12-15(18)19-7-20-16(12)23/h9-17,19-21,24-25H,3-8,18H2,1-2H3. The molecule has 26 heavy (non-hydrogen) atoms. The van der Waals surface area contributed by atoms with Crippen molar-refractivity contribution in [1.29, 1.82) is 0 Å². The van der Waals surface area contributed by atoms with Crippen LogP contribution in [0.5, 0.6) is 0 Å². The number of fused-ring (bicyclic) bond motifs is 1. The van der Waals surface area contributed by atoms with Gasteiger partial charge in [0.25, 0.3) is 0 Å². The fourth-order valence-corrected chi connectivity index (χ4v) is 4.71. The van der Waals surface area contributed by atoms with Crippen LogP contribution in [-0.4, -0.2) is 94.9 Å². The van der Waals surface area contributed by atoms with Gasteiger partial charge in [-0.05, 0) is 26.7 Å². The predicted molar refractivity (Wildman–Crippen MR) is 96.7 cm³/mol. The highest BCUT2D eigenvalue weighted by Gasteiger charge is 2.52. The maximum absolute atomic E-state index is 10.7. The summed E-state index contributed by atoms with van der Waals surface area (Å²) in [5.41, 5.74) is 6.12. The Labute approximate surface area is 155 Å².